The third kappa shape index (κ3) is 3.48. The lowest BCUT2D eigenvalue weighted by Gasteiger charge is -2.09. The molecule has 1 atom stereocenters. The van der Waals surface area contributed by atoms with Crippen LogP contribution < -0.4 is 14.3 Å². The lowest BCUT2D eigenvalue weighted by Crippen LogP contribution is -2.33. The first-order chi connectivity index (χ1) is 11.2. The fourth-order valence-corrected chi connectivity index (χ4v) is 2.77. The highest BCUT2D eigenvalue weighted by Gasteiger charge is 2.07. The Kier molecular flexibility index (Phi) is 4.52. The molecule has 1 aromatic heterocycles. The molecule has 5 nitrogen and oxygen atoms in total. The van der Waals surface area contributed by atoms with Gasteiger partial charge in [0.05, 0.1) is 33.6 Å². The van der Waals surface area contributed by atoms with Gasteiger partial charge in [-0.15, -0.1) is 0 Å². The van der Waals surface area contributed by atoms with Crippen LogP contribution in [0, 0.1) is 0 Å². The third-order valence-electron chi connectivity index (χ3n) is 3.48. The largest absolute Gasteiger partial charge is 0.497 e. The molecule has 0 aliphatic carbocycles. The molecule has 1 heterocycles. The number of hydrogen-bond acceptors (Lipinski definition) is 4. The number of methoxy groups -OCH3 is 1. The van der Waals surface area contributed by atoms with Crippen LogP contribution >= 0.6 is 0 Å². The molecule has 0 saturated carbocycles. The van der Waals surface area contributed by atoms with E-state index in [1.165, 1.54) is 6.33 Å². The summed E-state index contributed by atoms with van der Waals surface area (Å²) in [4.78, 5) is 9.62. The first-order valence-corrected chi connectivity index (χ1v) is 8.78. The minimum atomic E-state index is -0.222. The second-order valence-electron chi connectivity index (χ2n) is 5.05. The van der Waals surface area contributed by atoms with Crippen LogP contribution in [0.15, 0.2) is 53.7 Å². The highest BCUT2D eigenvalue weighted by atomic mass is 32.2. The molecule has 6 heteroatoms. The number of fused-ring (bicyclic) bond motifs is 1. The zero-order valence-corrected chi connectivity index (χ0v) is 13.8. The van der Waals surface area contributed by atoms with Gasteiger partial charge in [0.15, 0.2) is 0 Å². The van der Waals surface area contributed by atoms with Gasteiger partial charge in [-0.2, -0.15) is 0 Å². The second kappa shape index (κ2) is 6.75. The highest BCUT2D eigenvalue weighted by molar-refractivity contribution is 7.83. The van der Waals surface area contributed by atoms with Gasteiger partial charge in [-0.05, 0) is 29.8 Å². The number of hydrogen-bond donors (Lipinski definition) is 1. The van der Waals surface area contributed by atoms with Crippen molar-refractivity contribution in [1.82, 2.24) is 9.97 Å². The maximum atomic E-state index is 5.88. The van der Waals surface area contributed by atoms with Crippen LogP contribution in [-0.2, 0) is 17.3 Å². The molecule has 23 heavy (non-hydrogen) atoms. The van der Waals surface area contributed by atoms with Gasteiger partial charge in [0, 0.05) is 12.3 Å². The van der Waals surface area contributed by atoms with Crippen molar-refractivity contribution < 1.29 is 14.3 Å². The van der Waals surface area contributed by atoms with Crippen LogP contribution in [0.25, 0.3) is 10.9 Å². The maximum absolute atomic E-state index is 5.88. The number of nitrogens with zero attached hydrogens (tertiary/aromatic N) is 2. The van der Waals surface area contributed by atoms with Gasteiger partial charge in [-0.3, -0.25) is 0 Å². The summed E-state index contributed by atoms with van der Waals surface area (Å²) in [6.07, 6.45) is 3.49. The van der Waals surface area contributed by atoms with Gasteiger partial charge in [-0.25, -0.2) is 14.7 Å². The van der Waals surface area contributed by atoms with Gasteiger partial charge in [0.1, 0.15) is 18.7 Å². The first-order valence-electron chi connectivity index (χ1n) is 7.08. The Morgan fingerprint density at radius 1 is 1.09 bits per heavy atom. The predicted octanol–water partition coefficient (Wildman–Crippen LogP) is 1.77. The van der Waals surface area contributed by atoms with Crippen molar-refractivity contribution in [3.63, 3.8) is 0 Å². The Morgan fingerprint density at radius 3 is 2.57 bits per heavy atom. The molecule has 0 amide bonds. The van der Waals surface area contributed by atoms with Crippen molar-refractivity contribution in [3.05, 3.63) is 54.4 Å². The van der Waals surface area contributed by atoms with Crippen molar-refractivity contribution in [3.8, 4) is 11.6 Å². The van der Waals surface area contributed by atoms with Gasteiger partial charge < -0.3 is 9.47 Å². The normalized spacial score (nSPS) is 12.1. The van der Waals surface area contributed by atoms with E-state index >= 15 is 0 Å². The molecule has 0 bridgehead atoms. The summed E-state index contributed by atoms with van der Waals surface area (Å²) in [6.45, 7) is 0.445. The smallest absolute Gasteiger partial charge is 0.224 e. The van der Waals surface area contributed by atoms with Crippen LogP contribution in [0.2, 0.25) is 0 Å². The molecular weight excluding hydrogens is 310 g/mol. The predicted molar refractivity (Wildman–Crippen MR) is 90.3 cm³/mol. The standard InChI is InChI=1S/C17H17N3O2S/c1-21-13-5-8-15-16(9-13)19-11-20-17(15)22-10-12-3-6-14(7-4-12)23(2)18/h3-9,11,18H,10H2,1-2H3/p+1. The van der Waals surface area contributed by atoms with Crippen molar-refractivity contribution in [2.45, 2.75) is 11.5 Å². The first kappa shape index (κ1) is 15.4. The molecule has 2 aromatic carbocycles. The van der Waals surface area contributed by atoms with Crippen LogP contribution in [0.3, 0.4) is 0 Å². The summed E-state index contributed by atoms with van der Waals surface area (Å²) in [5.41, 5.74) is 1.86. The number of aromatic nitrogens is 2. The summed E-state index contributed by atoms with van der Waals surface area (Å²) < 4.78 is 17.0. The van der Waals surface area contributed by atoms with E-state index in [1.54, 1.807) is 7.11 Å². The van der Waals surface area contributed by atoms with E-state index in [-0.39, 0.29) is 10.7 Å². The molecule has 118 valence electrons. The Morgan fingerprint density at radius 2 is 1.87 bits per heavy atom. The van der Waals surface area contributed by atoms with E-state index in [0.717, 1.165) is 27.1 Å². The summed E-state index contributed by atoms with van der Waals surface area (Å²) in [7, 11) is 1.41. The van der Waals surface area contributed by atoms with E-state index < -0.39 is 0 Å². The lowest BCUT2D eigenvalue weighted by molar-refractivity contribution is -0.0750. The topological polar surface area (TPSA) is 69.8 Å². The van der Waals surface area contributed by atoms with E-state index in [4.69, 9.17) is 14.3 Å². The monoisotopic (exact) mass is 328 g/mol. The van der Waals surface area contributed by atoms with Crippen molar-refractivity contribution in [1.29, 1.82) is 0 Å². The van der Waals surface area contributed by atoms with E-state index in [2.05, 4.69) is 9.97 Å². The SMILES string of the molecule is COc1ccc2c(OCc3ccc(S(C)=[NH2+])cc3)ncnc2c1. The van der Waals surface area contributed by atoms with E-state index in [9.17, 15) is 0 Å². The fourth-order valence-electron chi connectivity index (χ4n) is 2.21. The molecule has 0 aliphatic heterocycles. The van der Waals surface area contributed by atoms with E-state index in [1.807, 2.05) is 48.7 Å². The minimum absolute atomic E-state index is 0.222. The zero-order valence-electron chi connectivity index (χ0n) is 13.0. The molecule has 0 fully saturated rings. The quantitative estimate of drug-likeness (QED) is 0.775. The van der Waals surface area contributed by atoms with Crippen LogP contribution in [0.5, 0.6) is 11.6 Å². The molecule has 0 spiro atoms. The molecule has 0 radical (unpaired) electrons. The molecule has 0 aliphatic rings. The van der Waals surface area contributed by atoms with Crippen molar-refractivity contribution in [2.75, 3.05) is 13.4 Å². The summed E-state index contributed by atoms with van der Waals surface area (Å²) >= 11 is 0. The fraction of sp³-hybridized carbons (Fsp3) is 0.176. The average Bonchev–Trinajstić information content (AvgIpc) is 2.59. The molecule has 1 unspecified atom stereocenters. The van der Waals surface area contributed by atoms with Gasteiger partial charge in [0.25, 0.3) is 0 Å². The van der Waals surface area contributed by atoms with Crippen LogP contribution in [0.4, 0.5) is 0 Å². The number of nitrogens with two attached hydrogens (primary N) is 1. The minimum Gasteiger partial charge on any atom is -0.497 e. The third-order valence-corrected chi connectivity index (χ3v) is 4.49. The highest BCUT2D eigenvalue weighted by Crippen LogP contribution is 2.25. The average molecular weight is 328 g/mol. The molecule has 2 N–H and O–H groups in total. The Balaban J connectivity index is 1.80. The summed E-state index contributed by atoms with van der Waals surface area (Å²) in [5.74, 6) is 1.32. The molecule has 3 rings (SSSR count). The number of rotatable bonds is 5. The zero-order chi connectivity index (χ0) is 16.2. The molecule has 0 saturated heterocycles. The Labute approximate surface area is 137 Å². The second-order valence-corrected chi connectivity index (χ2v) is 6.64. The van der Waals surface area contributed by atoms with Gasteiger partial charge in [0.2, 0.25) is 5.88 Å². The van der Waals surface area contributed by atoms with Crippen molar-refractivity contribution >= 4 is 21.6 Å². The summed E-state index contributed by atoms with van der Waals surface area (Å²) in [5, 5.41) is 0.863. The Hall–Kier alpha value is -2.47. The number of ether oxygens (including phenoxy) is 2. The van der Waals surface area contributed by atoms with Gasteiger partial charge in [-0.1, -0.05) is 12.1 Å². The summed E-state index contributed by atoms with van der Waals surface area (Å²) in [6, 6.07) is 13.8. The molecular formula is C17H18N3O2S+. The van der Waals surface area contributed by atoms with Crippen LogP contribution in [0.1, 0.15) is 5.56 Å². The van der Waals surface area contributed by atoms with Crippen molar-refractivity contribution in [2.24, 2.45) is 0 Å². The van der Waals surface area contributed by atoms with E-state index in [0.29, 0.717) is 12.5 Å². The Bertz CT molecular complexity index is 850. The van der Waals surface area contributed by atoms with Crippen LogP contribution in [-0.4, -0.2) is 23.3 Å². The maximum Gasteiger partial charge on any atom is 0.224 e. The number of benzene rings is 2. The molecule has 3 aromatic rings. The lowest BCUT2D eigenvalue weighted by atomic mass is 10.2. The van der Waals surface area contributed by atoms with Gasteiger partial charge >= 0.3 is 0 Å².